The summed E-state index contributed by atoms with van der Waals surface area (Å²) in [4.78, 5) is 31.6. The number of anilines is 3. The number of fused-ring (bicyclic) bond motifs is 1. The molecular formula is C19H24N8O. The van der Waals surface area contributed by atoms with E-state index in [0.29, 0.717) is 31.3 Å². The van der Waals surface area contributed by atoms with E-state index in [-0.39, 0.29) is 5.91 Å². The average Bonchev–Trinajstić information content (AvgIpc) is 3.31. The van der Waals surface area contributed by atoms with Crippen LogP contribution in [0.3, 0.4) is 0 Å². The summed E-state index contributed by atoms with van der Waals surface area (Å²) in [6, 6.07) is 3.73. The minimum atomic E-state index is 0.226. The molecule has 1 amide bonds. The summed E-state index contributed by atoms with van der Waals surface area (Å²) in [5.41, 5.74) is 2.35. The first kappa shape index (κ1) is 18.1. The number of hydrogen-bond donors (Lipinski definition) is 2. The zero-order chi connectivity index (χ0) is 19.3. The Kier molecular flexibility index (Phi) is 5.31. The average molecular weight is 380 g/mol. The predicted molar refractivity (Wildman–Crippen MR) is 107 cm³/mol. The van der Waals surface area contributed by atoms with Crippen molar-refractivity contribution < 1.29 is 4.79 Å². The van der Waals surface area contributed by atoms with Crippen LogP contribution in [0, 0.1) is 0 Å². The molecule has 0 aliphatic carbocycles. The summed E-state index contributed by atoms with van der Waals surface area (Å²) >= 11 is 0. The lowest BCUT2D eigenvalue weighted by atomic mass is 10.4. The molecule has 1 saturated heterocycles. The van der Waals surface area contributed by atoms with Gasteiger partial charge < -0.3 is 20.1 Å². The Hall–Kier alpha value is -3.23. The number of pyridine rings is 1. The second-order valence-electron chi connectivity index (χ2n) is 6.78. The monoisotopic (exact) mass is 380 g/mol. The largest absolute Gasteiger partial charge is 0.368 e. The van der Waals surface area contributed by atoms with Crippen molar-refractivity contribution in [1.82, 2.24) is 29.4 Å². The van der Waals surface area contributed by atoms with Gasteiger partial charge in [-0.1, -0.05) is 6.92 Å². The van der Waals surface area contributed by atoms with E-state index < -0.39 is 0 Å². The third-order valence-electron chi connectivity index (χ3n) is 4.72. The van der Waals surface area contributed by atoms with E-state index in [4.69, 9.17) is 0 Å². The highest BCUT2D eigenvalue weighted by molar-refractivity contribution is 5.84. The number of carbonyl (C=O) groups is 1. The maximum Gasteiger partial charge on any atom is 0.231 e. The van der Waals surface area contributed by atoms with Crippen molar-refractivity contribution in [1.29, 1.82) is 0 Å². The first-order chi connectivity index (χ1) is 13.7. The van der Waals surface area contributed by atoms with Crippen LogP contribution in [0.25, 0.3) is 11.2 Å². The third kappa shape index (κ3) is 3.88. The first-order valence-electron chi connectivity index (χ1n) is 9.66. The molecule has 2 N–H and O–H groups in total. The molecule has 1 aliphatic rings. The zero-order valence-electron chi connectivity index (χ0n) is 15.9. The normalized spacial score (nSPS) is 14.0. The van der Waals surface area contributed by atoms with Gasteiger partial charge in [0.05, 0.1) is 6.33 Å². The molecule has 0 saturated carbocycles. The van der Waals surface area contributed by atoms with Gasteiger partial charge in [-0.3, -0.25) is 9.78 Å². The van der Waals surface area contributed by atoms with Gasteiger partial charge in [0.25, 0.3) is 0 Å². The number of aromatic nitrogens is 5. The molecule has 28 heavy (non-hydrogen) atoms. The van der Waals surface area contributed by atoms with E-state index in [1.807, 2.05) is 21.6 Å². The van der Waals surface area contributed by atoms with E-state index in [2.05, 4.69) is 37.5 Å². The van der Waals surface area contributed by atoms with Crippen LogP contribution in [-0.4, -0.2) is 54.9 Å². The Balaban J connectivity index is 1.62. The molecule has 3 aromatic heterocycles. The van der Waals surface area contributed by atoms with E-state index in [1.165, 1.54) is 0 Å². The van der Waals surface area contributed by atoms with Crippen LogP contribution in [0.2, 0.25) is 0 Å². The topological polar surface area (TPSA) is 101 Å². The van der Waals surface area contributed by atoms with E-state index in [9.17, 15) is 4.79 Å². The fraction of sp³-hybridized carbons (Fsp3) is 0.421. The summed E-state index contributed by atoms with van der Waals surface area (Å²) in [5.74, 6) is 1.43. The van der Waals surface area contributed by atoms with E-state index in [0.717, 1.165) is 42.8 Å². The molecule has 1 aliphatic heterocycles. The fourth-order valence-electron chi connectivity index (χ4n) is 3.26. The smallest absolute Gasteiger partial charge is 0.231 e. The lowest BCUT2D eigenvalue weighted by Crippen LogP contribution is -2.28. The molecule has 0 atom stereocenters. The van der Waals surface area contributed by atoms with Crippen LogP contribution in [0.1, 0.15) is 26.2 Å². The summed E-state index contributed by atoms with van der Waals surface area (Å²) < 4.78 is 1.98. The molecule has 146 valence electrons. The highest BCUT2D eigenvalue weighted by atomic mass is 16.2. The molecule has 9 heteroatoms. The van der Waals surface area contributed by atoms with E-state index >= 15 is 0 Å². The van der Waals surface area contributed by atoms with Crippen LogP contribution >= 0.6 is 0 Å². The van der Waals surface area contributed by atoms with E-state index in [1.54, 1.807) is 18.7 Å². The van der Waals surface area contributed by atoms with Gasteiger partial charge in [-0.2, -0.15) is 9.97 Å². The van der Waals surface area contributed by atoms with Gasteiger partial charge in [0.2, 0.25) is 11.9 Å². The van der Waals surface area contributed by atoms with Crippen molar-refractivity contribution in [2.75, 3.05) is 30.3 Å². The van der Waals surface area contributed by atoms with Crippen LogP contribution in [-0.2, 0) is 11.3 Å². The van der Waals surface area contributed by atoms with Gasteiger partial charge in [0.15, 0.2) is 17.0 Å². The van der Waals surface area contributed by atoms with Crippen LogP contribution in [0.4, 0.5) is 17.5 Å². The highest BCUT2D eigenvalue weighted by Crippen LogP contribution is 2.23. The van der Waals surface area contributed by atoms with Crippen molar-refractivity contribution >= 4 is 34.5 Å². The van der Waals surface area contributed by atoms with Gasteiger partial charge in [-0.05, 0) is 25.0 Å². The predicted octanol–water partition coefficient (Wildman–Crippen LogP) is 2.41. The summed E-state index contributed by atoms with van der Waals surface area (Å²) in [7, 11) is 0. The maximum absolute atomic E-state index is 11.9. The standard InChI is InChI=1S/C19H24N8O/c1-2-7-21-17-16-18(25-19(24-17)23-14-5-8-20-9-6-14)27(13-22-16)12-11-26-10-3-4-15(26)28/h5-6,8-9,13H,2-4,7,10-12H2,1H3,(H2,20,21,23,24,25). The number of rotatable bonds is 8. The Labute approximate surface area is 163 Å². The number of nitrogens with zero attached hydrogens (tertiary/aromatic N) is 6. The fourth-order valence-corrected chi connectivity index (χ4v) is 3.26. The molecule has 1 fully saturated rings. The SMILES string of the molecule is CCCNc1nc(Nc2ccncc2)nc2c1ncn2CCN1CCCC1=O. The van der Waals surface area contributed by atoms with Crippen molar-refractivity contribution in [3.8, 4) is 0 Å². The molecule has 4 heterocycles. The number of imidazole rings is 1. The number of likely N-dealkylation sites (tertiary alicyclic amines) is 1. The first-order valence-corrected chi connectivity index (χ1v) is 9.66. The number of hydrogen-bond acceptors (Lipinski definition) is 7. The number of amides is 1. The van der Waals surface area contributed by atoms with Crippen LogP contribution in [0.15, 0.2) is 30.9 Å². The minimum absolute atomic E-state index is 0.226. The van der Waals surface area contributed by atoms with Gasteiger partial charge >= 0.3 is 0 Å². The van der Waals surface area contributed by atoms with Crippen LogP contribution < -0.4 is 10.6 Å². The molecule has 0 bridgehead atoms. The molecule has 0 aromatic carbocycles. The lowest BCUT2D eigenvalue weighted by molar-refractivity contribution is -0.127. The number of nitrogens with one attached hydrogen (secondary N) is 2. The molecule has 9 nitrogen and oxygen atoms in total. The van der Waals surface area contributed by atoms with Gasteiger partial charge in [0.1, 0.15) is 0 Å². The Bertz CT molecular complexity index is 955. The van der Waals surface area contributed by atoms with Crippen molar-refractivity contribution in [2.45, 2.75) is 32.7 Å². The Morgan fingerprint density at radius 1 is 1.18 bits per heavy atom. The number of carbonyl (C=O) groups excluding carboxylic acids is 1. The van der Waals surface area contributed by atoms with Gasteiger partial charge in [-0.15, -0.1) is 0 Å². The Morgan fingerprint density at radius 3 is 2.79 bits per heavy atom. The molecular weight excluding hydrogens is 356 g/mol. The minimum Gasteiger partial charge on any atom is -0.368 e. The summed E-state index contributed by atoms with van der Waals surface area (Å²) in [6.07, 6.45) is 7.78. The lowest BCUT2D eigenvalue weighted by Gasteiger charge is -2.16. The third-order valence-corrected chi connectivity index (χ3v) is 4.72. The molecule has 0 unspecified atom stereocenters. The Morgan fingerprint density at radius 2 is 2.04 bits per heavy atom. The summed E-state index contributed by atoms with van der Waals surface area (Å²) in [5, 5.41) is 6.56. The quantitative estimate of drug-likeness (QED) is 0.619. The molecule has 0 spiro atoms. The van der Waals surface area contributed by atoms with Crippen molar-refractivity contribution in [2.24, 2.45) is 0 Å². The molecule has 0 radical (unpaired) electrons. The molecule has 4 rings (SSSR count). The summed E-state index contributed by atoms with van der Waals surface area (Å²) in [6.45, 7) is 5.06. The maximum atomic E-state index is 11.9. The molecule has 3 aromatic rings. The highest BCUT2D eigenvalue weighted by Gasteiger charge is 2.20. The van der Waals surface area contributed by atoms with Crippen LogP contribution in [0.5, 0.6) is 0 Å². The second kappa shape index (κ2) is 8.20. The second-order valence-corrected chi connectivity index (χ2v) is 6.78. The van der Waals surface area contributed by atoms with Crippen molar-refractivity contribution in [3.05, 3.63) is 30.9 Å². The zero-order valence-corrected chi connectivity index (χ0v) is 15.9. The van der Waals surface area contributed by atoms with Crippen molar-refractivity contribution in [3.63, 3.8) is 0 Å². The van der Waals surface area contributed by atoms with Gasteiger partial charge in [-0.25, -0.2) is 4.98 Å². The van der Waals surface area contributed by atoms with Gasteiger partial charge in [0, 0.05) is 50.7 Å².